The van der Waals surface area contributed by atoms with Crippen LogP contribution in [-0.4, -0.2) is 28.6 Å². The van der Waals surface area contributed by atoms with Crippen LogP contribution >= 0.6 is 0 Å². The molecule has 18 heavy (non-hydrogen) atoms. The van der Waals surface area contributed by atoms with Gasteiger partial charge in [-0.05, 0) is 37.1 Å². The summed E-state index contributed by atoms with van der Waals surface area (Å²) in [6, 6.07) is 1.16. The van der Waals surface area contributed by atoms with Crippen molar-refractivity contribution in [2.24, 2.45) is 0 Å². The summed E-state index contributed by atoms with van der Waals surface area (Å²) < 4.78 is 38.8. The maximum atomic E-state index is 13.0. The van der Waals surface area contributed by atoms with Crippen LogP contribution in [0.4, 0.5) is 13.2 Å². The minimum Gasteiger partial charge on any atom is -0.480 e. The van der Waals surface area contributed by atoms with E-state index in [1.54, 1.807) is 4.90 Å². The molecule has 1 heterocycles. The molecule has 0 radical (unpaired) electrons. The zero-order valence-corrected chi connectivity index (χ0v) is 9.50. The molecule has 1 aromatic rings. The first-order valence-electron chi connectivity index (χ1n) is 5.59. The van der Waals surface area contributed by atoms with E-state index in [0.717, 1.165) is 18.6 Å². The number of hydrogen-bond acceptors (Lipinski definition) is 2. The quantitative estimate of drug-likeness (QED) is 0.845. The summed E-state index contributed by atoms with van der Waals surface area (Å²) >= 11 is 0. The van der Waals surface area contributed by atoms with Crippen molar-refractivity contribution in [1.29, 1.82) is 0 Å². The van der Waals surface area contributed by atoms with Crippen molar-refractivity contribution in [3.63, 3.8) is 0 Å². The molecule has 1 saturated heterocycles. The van der Waals surface area contributed by atoms with Crippen molar-refractivity contribution in [3.05, 3.63) is 35.1 Å². The zero-order valence-electron chi connectivity index (χ0n) is 9.50. The molecular weight excluding hydrogens is 247 g/mol. The summed E-state index contributed by atoms with van der Waals surface area (Å²) in [5.74, 6) is -4.96. The second-order valence-corrected chi connectivity index (χ2v) is 4.34. The monoisotopic (exact) mass is 259 g/mol. The third kappa shape index (κ3) is 2.48. The van der Waals surface area contributed by atoms with Crippen LogP contribution in [0.2, 0.25) is 0 Å². The number of halogens is 3. The Kier molecular flexibility index (Phi) is 3.56. The van der Waals surface area contributed by atoms with E-state index in [0.29, 0.717) is 13.0 Å². The van der Waals surface area contributed by atoms with Gasteiger partial charge in [-0.15, -0.1) is 0 Å². The molecular formula is C12H12F3NO2. The Bertz CT molecular complexity index is 455. The van der Waals surface area contributed by atoms with Gasteiger partial charge in [0.15, 0.2) is 17.5 Å². The van der Waals surface area contributed by atoms with Gasteiger partial charge < -0.3 is 5.11 Å². The van der Waals surface area contributed by atoms with Gasteiger partial charge in [-0.3, -0.25) is 9.69 Å². The lowest BCUT2D eigenvalue weighted by atomic mass is 10.1. The normalized spacial score (nSPS) is 20.3. The van der Waals surface area contributed by atoms with Crippen LogP contribution in [0.3, 0.4) is 0 Å². The number of carboxylic acids is 1. The molecule has 1 N–H and O–H groups in total. The number of benzene rings is 1. The molecule has 1 aliphatic heterocycles. The minimum absolute atomic E-state index is 0.102. The van der Waals surface area contributed by atoms with Gasteiger partial charge in [0.1, 0.15) is 6.04 Å². The number of likely N-dealkylation sites (tertiary alicyclic amines) is 1. The van der Waals surface area contributed by atoms with Gasteiger partial charge in [-0.1, -0.05) is 0 Å². The van der Waals surface area contributed by atoms with Crippen LogP contribution in [0.25, 0.3) is 0 Å². The molecule has 0 spiro atoms. The molecule has 0 aliphatic carbocycles. The molecule has 3 nitrogen and oxygen atoms in total. The van der Waals surface area contributed by atoms with Crippen LogP contribution in [0.15, 0.2) is 12.1 Å². The third-order valence-electron chi connectivity index (χ3n) is 3.08. The van der Waals surface area contributed by atoms with Gasteiger partial charge >= 0.3 is 5.97 Å². The second kappa shape index (κ2) is 4.97. The molecule has 0 aromatic heterocycles. The first kappa shape index (κ1) is 12.9. The molecule has 1 aromatic carbocycles. The molecule has 0 saturated carbocycles. The lowest BCUT2D eigenvalue weighted by molar-refractivity contribution is -0.142. The molecule has 0 amide bonds. The predicted octanol–water partition coefficient (Wildman–Crippen LogP) is 2.15. The smallest absolute Gasteiger partial charge is 0.320 e. The summed E-state index contributed by atoms with van der Waals surface area (Å²) in [6.45, 7) is 0.655. The molecule has 6 heteroatoms. The molecule has 98 valence electrons. The fourth-order valence-corrected chi connectivity index (χ4v) is 2.23. The summed E-state index contributed by atoms with van der Waals surface area (Å²) in [6.07, 6.45) is 1.24. The van der Waals surface area contributed by atoms with Gasteiger partial charge in [0, 0.05) is 6.54 Å². The van der Waals surface area contributed by atoms with E-state index >= 15 is 0 Å². The fraction of sp³-hybridized carbons (Fsp3) is 0.417. The molecule has 1 fully saturated rings. The lowest BCUT2D eigenvalue weighted by Crippen LogP contribution is -2.35. The Morgan fingerprint density at radius 1 is 1.33 bits per heavy atom. The Hall–Kier alpha value is -1.56. The van der Waals surface area contributed by atoms with E-state index < -0.39 is 29.5 Å². The first-order chi connectivity index (χ1) is 8.49. The average molecular weight is 259 g/mol. The standard InChI is InChI=1S/C12H12F3NO2/c13-8-4-7(5-9(14)11(8)15)6-16-3-1-2-10(16)12(17)18/h4-5,10H,1-3,6H2,(H,17,18)/t10-/m0/s1. The van der Waals surface area contributed by atoms with Gasteiger partial charge in [0.25, 0.3) is 0 Å². The van der Waals surface area contributed by atoms with Crippen LogP contribution < -0.4 is 0 Å². The largest absolute Gasteiger partial charge is 0.480 e. The van der Waals surface area contributed by atoms with Crippen LogP contribution in [0.5, 0.6) is 0 Å². The Balaban J connectivity index is 2.16. The number of nitrogens with zero attached hydrogens (tertiary/aromatic N) is 1. The molecule has 0 unspecified atom stereocenters. The van der Waals surface area contributed by atoms with Crippen molar-refractivity contribution >= 4 is 5.97 Å². The first-order valence-corrected chi connectivity index (χ1v) is 5.59. The van der Waals surface area contributed by atoms with E-state index in [2.05, 4.69) is 0 Å². The molecule has 2 rings (SSSR count). The SMILES string of the molecule is O=C(O)[C@@H]1CCCN1Cc1cc(F)c(F)c(F)c1. The highest BCUT2D eigenvalue weighted by Crippen LogP contribution is 2.22. The van der Waals surface area contributed by atoms with E-state index in [9.17, 15) is 18.0 Å². The van der Waals surface area contributed by atoms with Crippen molar-refractivity contribution < 1.29 is 23.1 Å². The lowest BCUT2D eigenvalue weighted by Gasteiger charge is -2.21. The Morgan fingerprint density at radius 2 is 1.94 bits per heavy atom. The van der Waals surface area contributed by atoms with Crippen molar-refractivity contribution in [2.45, 2.75) is 25.4 Å². The second-order valence-electron chi connectivity index (χ2n) is 4.34. The minimum atomic E-state index is -1.50. The van der Waals surface area contributed by atoms with Crippen molar-refractivity contribution in [1.82, 2.24) is 4.90 Å². The number of hydrogen-bond donors (Lipinski definition) is 1. The molecule has 1 atom stereocenters. The highest BCUT2D eigenvalue weighted by molar-refractivity contribution is 5.73. The van der Waals surface area contributed by atoms with E-state index in [1.807, 2.05) is 0 Å². The Morgan fingerprint density at radius 3 is 2.50 bits per heavy atom. The van der Waals surface area contributed by atoms with Crippen molar-refractivity contribution in [3.8, 4) is 0 Å². The molecule has 1 aliphatic rings. The van der Waals surface area contributed by atoms with E-state index in [4.69, 9.17) is 5.11 Å². The van der Waals surface area contributed by atoms with Crippen molar-refractivity contribution in [2.75, 3.05) is 6.54 Å². The van der Waals surface area contributed by atoms with Gasteiger partial charge in [-0.2, -0.15) is 0 Å². The van der Waals surface area contributed by atoms with Gasteiger partial charge in [-0.25, -0.2) is 13.2 Å². The fourth-order valence-electron chi connectivity index (χ4n) is 2.23. The van der Waals surface area contributed by atoms with Gasteiger partial charge in [0.05, 0.1) is 0 Å². The summed E-state index contributed by atoms with van der Waals surface area (Å²) in [7, 11) is 0. The number of rotatable bonds is 3. The van der Waals surface area contributed by atoms with Crippen LogP contribution in [0, 0.1) is 17.5 Å². The topological polar surface area (TPSA) is 40.5 Å². The number of carboxylic acid groups (broad SMARTS) is 1. The molecule has 0 bridgehead atoms. The third-order valence-corrected chi connectivity index (χ3v) is 3.08. The highest BCUT2D eigenvalue weighted by atomic mass is 19.2. The average Bonchev–Trinajstić information content (AvgIpc) is 2.74. The maximum absolute atomic E-state index is 13.0. The summed E-state index contributed by atoms with van der Waals surface area (Å²) in [5, 5.41) is 8.97. The summed E-state index contributed by atoms with van der Waals surface area (Å²) in [4.78, 5) is 12.6. The van der Waals surface area contributed by atoms with Crippen LogP contribution in [-0.2, 0) is 11.3 Å². The predicted molar refractivity (Wildman–Crippen MR) is 57.4 cm³/mol. The van der Waals surface area contributed by atoms with E-state index in [-0.39, 0.29) is 12.1 Å². The van der Waals surface area contributed by atoms with E-state index in [1.165, 1.54) is 0 Å². The number of carbonyl (C=O) groups is 1. The maximum Gasteiger partial charge on any atom is 0.320 e. The number of aliphatic carboxylic acids is 1. The Labute approximate surface area is 102 Å². The van der Waals surface area contributed by atoms with Gasteiger partial charge in [0.2, 0.25) is 0 Å². The highest BCUT2D eigenvalue weighted by Gasteiger charge is 2.30. The van der Waals surface area contributed by atoms with Crippen LogP contribution in [0.1, 0.15) is 18.4 Å². The zero-order chi connectivity index (χ0) is 13.3. The summed E-state index contributed by atoms with van der Waals surface area (Å²) in [5.41, 5.74) is 0.236.